The monoisotopic (exact) mass is 638 g/mol. The first-order valence-corrected chi connectivity index (χ1v) is 18.0. The van der Waals surface area contributed by atoms with Crippen LogP contribution in [0.5, 0.6) is 0 Å². The van der Waals surface area contributed by atoms with Gasteiger partial charge in [-0.2, -0.15) is 0 Å². The first kappa shape index (κ1) is 33.8. The predicted octanol–water partition coefficient (Wildman–Crippen LogP) is 6.45. The summed E-state index contributed by atoms with van der Waals surface area (Å²) in [6.07, 6.45) is -3.19. The first-order chi connectivity index (χ1) is 22.2. The second-order valence-corrected chi connectivity index (χ2v) is 17.4. The summed E-state index contributed by atoms with van der Waals surface area (Å²) in [7, 11) is -2.91. The van der Waals surface area contributed by atoms with Crippen molar-refractivity contribution < 1.29 is 28.2 Å². The van der Waals surface area contributed by atoms with Crippen LogP contribution < -0.4 is 10.4 Å². The highest BCUT2D eigenvalue weighted by molar-refractivity contribution is 6.99. The van der Waals surface area contributed by atoms with Crippen LogP contribution in [0.2, 0.25) is 5.04 Å². The van der Waals surface area contributed by atoms with E-state index in [0.29, 0.717) is 6.61 Å². The molecule has 0 aliphatic carbocycles. The zero-order chi connectivity index (χ0) is 32.6. The summed E-state index contributed by atoms with van der Waals surface area (Å²) in [5, 5.41) is 2.06. The molecule has 0 saturated carbocycles. The van der Waals surface area contributed by atoms with Gasteiger partial charge in [-0.05, 0) is 40.4 Å². The van der Waals surface area contributed by atoms with E-state index >= 15 is 0 Å². The van der Waals surface area contributed by atoms with Gasteiger partial charge < -0.3 is 23.4 Å². The Hall–Kier alpha value is -3.59. The van der Waals surface area contributed by atoms with Crippen LogP contribution in [0, 0.1) is 0 Å². The van der Waals surface area contributed by atoms with Crippen molar-refractivity contribution >= 4 is 24.7 Å². The fraction of sp³-hybridized carbons (Fsp3) is 0.359. The summed E-state index contributed by atoms with van der Waals surface area (Å²) in [4.78, 5) is 13.8. The van der Waals surface area contributed by atoms with E-state index in [-0.39, 0.29) is 24.4 Å². The fourth-order valence-electron chi connectivity index (χ4n) is 6.25. The number of esters is 1. The van der Waals surface area contributed by atoms with Crippen molar-refractivity contribution in [2.24, 2.45) is 0 Å². The highest BCUT2D eigenvalue weighted by atomic mass is 28.4. The number of benzene rings is 4. The van der Waals surface area contributed by atoms with E-state index in [1.165, 1.54) is 0 Å². The Kier molecular flexibility index (Phi) is 11.3. The van der Waals surface area contributed by atoms with Crippen LogP contribution in [0.15, 0.2) is 121 Å². The summed E-state index contributed by atoms with van der Waals surface area (Å²) in [5.74, 6) is -0.478. The molecular weight excluding hydrogens is 593 g/mol. The van der Waals surface area contributed by atoms with Crippen molar-refractivity contribution in [2.75, 3.05) is 6.61 Å². The Morgan fingerprint density at radius 1 is 0.674 bits per heavy atom. The van der Waals surface area contributed by atoms with E-state index in [2.05, 4.69) is 69.3 Å². The van der Waals surface area contributed by atoms with E-state index in [4.69, 9.17) is 23.4 Å². The van der Waals surface area contributed by atoms with Gasteiger partial charge in [0, 0.05) is 0 Å². The molecule has 242 valence electrons. The van der Waals surface area contributed by atoms with Gasteiger partial charge in [0.15, 0.2) is 12.2 Å². The lowest BCUT2D eigenvalue weighted by Crippen LogP contribution is -2.68. The summed E-state index contributed by atoms with van der Waals surface area (Å²) in [6.45, 7) is 11.3. The van der Waals surface area contributed by atoms with Gasteiger partial charge in [0.05, 0.1) is 25.9 Å². The molecule has 0 radical (unpaired) electrons. The van der Waals surface area contributed by atoms with Crippen LogP contribution in [0.1, 0.15) is 45.7 Å². The molecule has 5 rings (SSSR count). The fourth-order valence-corrected chi connectivity index (χ4v) is 10.8. The third kappa shape index (κ3) is 7.85. The molecule has 0 bridgehead atoms. The summed E-state index contributed by atoms with van der Waals surface area (Å²) < 4.78 is 32.8. The van der Waals surface area contributed by atoms with Crippen molar-refractivity contribution in [3.8, 4) is 0 Å². The minimum atomic E-state index is -2.91. The standard InChI is InChI=1S/C39H46O6Si/c1-29(2)44-35-34(28-43-46(39(3,4)5,32-22-14-8-15-23-32)33-24-16-9-17-25-33)45-38(40)37(42-27-31-20-12-7-13-21-31)36(35)41-26-30-18-10-6-11-19-30/h6-25,29,34-37H,26-28H2,1-5H3/t34-,35-,36+,37-/m1/s1. The maximum atomic E-state index is 13.8. The lowest BCUT2D eigenvalue weighted by Gasteiger charge is -2.46. The van der Waals surface area contributed by atoms with Gasteiger partial charge in [0.2, 0.25) is 0 Å². The number of carbonyl (C=O) groups excluding carboxylic acids is 1. The van der Waals surface area contributed by atoms with Crippen LogP contribution >= 0.6 is 0 Å². The van der Waals surface area contributed by atoms with Crippen molar-refractivity contribution in [3.05, 3.63) is 132 Å². The molecule has 46 heavy (non-hydrogen) atoms. The van der Waals surface area contributed by atoms with Gasteiger partial charge in [-0.15, -0.1) is 0 Å². The highest BCUT2D eigenvalue weighted by Crippen LogP contribution is 2.38. The summed E-state index contributed by atoms with van der Waals surface area (Å²) >= 11 is 0. The van der Waals surface area contributed by atoms with Crippen molar-refractivity contribution in [2.45, 2.75) is 83.4 Å². The number of hydrogen-bond donors (Lipinski definition) is 0. The smallest absolute Gasteiger partial charge is 0.338 e. The quantitative estimate of drug-likeness (QED) is 0.124. The SMILES string of the molecule is CC(C)O[C@H]1[C@H](OCc2ccccc2)[C@@H](OCc2ccccc2)C(=O)O[C@@H]1CO[Si](c1ccccc1)(c1ccccc1)C(C)(C)C. The van der Waals surface area contributed by atoms with E-state index in [1.807, 2.05) is 86.6 Å². The molecule has 1 saturated heterocycles. The molecule has 7 heteroatoms. The molecule has 4 aromatic carbocycles. The largest absolute Gasteiger partial charge is 0.455 e. The summed E-state index contributed by atoms with van der Waals surface area (Å²) in [5.41, 5.74) is 1.95. The third-order valence-electron chi connectivity index (χ3n) is 8.36. The van der Waals surface area contributed by atoms with Gasteiger partial charge >= 0.3 is 5.97 Å². The third-order valence-corrected chi connectivity index (χ3v) is 13.4. The Labute approximate surface area is 274 Å². The summed E-state index contributed by atoms with van der Waals surface area (Å²) in [6, 6.07) is 40.6. The molecule has 1 aliphatic rings. The van der Waals surface area contributed by atoms with Crippen LogP contribution in [-0.4, -0.2) is 51.4 Å². The highest BCUT2D eigenvalue weighted by Gasteiger charge is 2.53. The normalized spacial score (nSPS) is 20.4. The molecule has 1 aliphatic heterocycles. The van der Waals surface area contributed by atoms with Crippen molar-refractivity contribution in [3.63, 3.8) is 0 Å². The van der Waals surface area contributed by atoms with E-state index in [1.54, 1.807) is 0 Å². The van der Waals surface area contributed by atoms with Gasteiger partial charge in [-0.25, -0.2) is 4.79 Å². The first-order valence-electron chi connectivity index (χ1n) is 16.1. The molecule has 1 heterocycles. The van der Waals surface area contributed by atoms with Gasteiger partial charge in [-0.1, -0.05) is 142 Å². The van der Waals surface area contributed by atoms with E-state index in [0.717, 1.165) is 21.5 Å². The van der Waals surface area contributed by atoms with Gasteiger partial charge in [0.25, 0.3) is 8.32 Å². The number of carbonyl (C=O) groups is 1. The molecular formula is C39H46O6Si. The molecule has 0 N–H and O–H groups in total. The van der Waals surface area contributed by atoms with Gasteiger partial charge in [-0.3, -0.25) is 0 Å². The Morgan fingerprint density at radius 3 is 1.59 bits per heavy atom. The Morgan fingerprint density at radius 2 is 1.13 bits per heavy atom. The molecule has 0 aromatic heterocycles. The van der Waals surface area contributed by atoms with Crippen LogP contribution in [0.25, 0.3) is 0 Å². The maximum Gasteiger partial charge on any atom is 0.338 e. The second kappa shape index (κ2) is 15.3. The number of hydrogen-bond acceptors (Lipinski definition) is 6. The van der Waals surface area contributed by atoms with E-state index in [9.17, 15) is 4.79 Å². The second-order valence-electron chi connectivity index (χ2n) is 13.1. The van der Waals surface area contributed by atoms with Crippen molar-refractivity contribution in [1.82, 2.24) is 0 Å². The zero-order valence-electron chi connectivity index (χ0n) is 27.5. The lowest BCUT2D eigenvalue weighted by atomic mass is 9.98. The van der Waals surface area contributed by atoms with Crippen LogP contribution in [0.4, 0.5) is 0 Å². The van der Waals surface area contributed by atoms with Gasteiger partial charge in [0.1, 0.15) is 12.2 Å². The van der Waals surface area contributed by atoms with E-state index < -0.39 is 38.7 Å². The molecule has 4 aromatic rings. The average molecular weight is 639 g/mol. The zero-order valence-corrected chi connectivity index (χ0v) is 28.5. The lowest BCUT2D eigenvalue weighted by molar-refractivity contribution is -0.239. The van der Waals surface area contributed by atoms with Crippen LogP contribution in [0.3, 0.4) is 0 Å². The predicted molar refractivity (Wildman–Crippen MR) is 183 cm³/mol. The minimum Gasteiger partial charge on any atom is -0.455 e. The molecule has 4 atom stereocenters. The molecule has 0 unspecified atom stereocenters. The molecule has 1 fully saturated rings. The average Bonchev–Trinajstić information content (AvgIpc) is 3.06. The molecule has 0 amide bonds. The number of cyclic esters (lactones) is 1. The molecule has 6 nitrogen and oxygen atoms in total. The maximum absolute atomic E-state index is 13.8. The molecule has 0 spiro atoms. The minimum absolute atomic E-state index is 0.146. The Bertz CT molecular complexity index is 1450. The van der Waals surface area contributed by atoms with Crippen LogP contribution in [-0.2, 0) is 41.4 Å². The number of rotatable bonds is 13. The Balaban J connectivity index is 1.49. The topological polar surface area (TPSA) is 63.2 Å². The van der Waals surface area contributed by atoms with Crippen molar-refractivity contribution in [1.29, 1.82) is 0 Å². The number of ether oxygens (including phenoxy) is 4.